The zero-order valence-electron chi connectivity index (χ0n) is 19.7. The molecule has 2 N–H and O–H groups in total. The van der Waals surface area contributed by atoms with Crippen molar-refractivity contribution in [3.05, 3.63) is 75.0 Å². The summed E-state index contributed by atoms with van der Waals surface area (Å²) in [5, 5.41) is 10.0. The Morgan fingerprint density at radius 2 is 1.92 bits per heavy atom. The minimum atomic E-state index is -5.01. The second-order valence-electron chi connectivity index (χ2n) is 8.43. The summed E-state index contributed by atoms with van der Waals surface area (Å²) in [5.74, 6) is -0.178. The number of hydrogen-bond acceptors (Lipinski definition) is 8. The Labute approximate surface area is 218 Å². The van der Waals surface area contributed by atoms with Crippen LogP contribution in [0.2, 0.25) is 0 Å². The predicted octanol–water partition coefficient (Wildman–Crippen LogP) is 4.72. The van der Waals surface area contributed by atoms with Gasteiger partial charge in [-0.1, -0.05) is 0 Å². The van der Waals surface area contributed by atoms with Gasteiger partial charge in [-0.2, -0.15) is 13.2 Å². The van der Waals surface area contributed by atoms with E-state index in [1.165, 1.54) is 31.7 Å². The molecule has 0 aliphatic rings. The van der Waals surface area contributed by atoms with E-state index in [1.54, 1.807) is 12.1 Å². The second kappa shape index (κ2) is 9.81. The van der Waals surface area contributed by atoms with Crippen molar-refractivity contribution in [3.63, 3.8) is 0 Å². The van der Waals surface area contributed by atoms with Crippen molar-refractivity contribution in [1.82, 2.24) is 24.5 Å². The molecule has 5 aromatic rings. The maximum Gasteiger partial charge on any atom is 0.416 e. The molecule has 0 spiro atoms. The van der Waals surface area contributed by atoms with E-state index in [-0.39, 0.29) is 37.9 Å². The highest BCUT2D eigenvalue weighted by Gasteiger charge is 2.39. The Bertz CT molecular complexity index is 1830. The first-order valence-corrected chi connectivity index (χ1v) is 11.9. The smallest absolute Gasteiger partial charge is 0.416 e. The molecule has 0 aliphatic heterocycles. The van der Waals surface area contributed by atoms with Gasteiger partial charge in [0.15, 0.2) is 6.10 Å². The summed E-state index contributed by atoms with van der Waals surface area (Å²) in [6.45, 7) is 0.293. The Hall–Kier alpha value is -4.24. The molecule has 4 aromatic heterocycles. The van der Waals surface area contributed by atoms with Crippen molar-refractivity contribution < 1.29 is 31.8 Å². The van der Waals surface area contributed by atoms with Gasteiger partial charge in [0.25, 0.3) is 12.0 Å². The van der Waals surface area contributed by atoms with Crippen molar-refractivity contribution in [3.8, 4) is 22.1 Å². The number of aliphatic hydroxyl groups excluding tert-OH is 1. The zero-order chi connectivity index (χ0) is 28.1. The van der Waals surface area contributed by atoms with Crippen LogP contribution in [0.4, 0.5) is 22.0 Å². The summed E-state index contributed by atoms with van der Waals surface area (Å²) in [6.07, 6.45) is -6.81. The van der Waals surface area contributed by atoms with E-state index in [1.807, 2.05) is 4.98 Å². The van der Waals surface area contributed by atoms with Crippen LogP contribution in [-0.2, 0) is 6.54 Å². The number of thiophene rings is 1. The number of hydrogen-bond donors (Lipinski definition) is 2. The fraction of sp³-hybridized carbons (Fsp3) is 0.208. The molecule has 202 valence electrons. The minimum Gasteiger partial charge on any atom is -0.438 e. The Kier molecular flexibility index (Phi) is 6.64. The number of aryl methyl sites for hydroxylation is 1. The van der Waals surface area contributed by atoms with Crippen LogP contribution in [0.5, 0.6) is 11.6 Å². The van der Waals surface area contributed by atoms with Crippen LogP contribution < -0.4 is 16.0 Å². The predicted molar refractivity (Wildman–Crippen MR) is 131 cm³/mol. The first-order valence-electron chi connectivity index (χ1n) is 11.1. The van der Waals surface area contributed by atoms with Gasteiger partial charge in [-0.05, 0) is 36.8 Å². The Balaban J connectivity index is 1.58. The number of aromatic nitrogens is 5. The number of rotatable bonds is 6. The summed E-state index contributed by atoms with van der Waals surface area (Å²) >= 11 is 0.741. The van der Waals surface area contributed by atoms with E-state index in [9.17, 15) is 36.6 Å². The van der Waals surface area contributed by atoms with Crippen LogP contribution in [0.1, 0.15) is 17.6 Å². The van der Waals surface area contributed by atoms with E-state index in [4.69, 9.17) is 4.74 Å². The van der Waals surface area contributed by atoms with Gasteiger partial charge in [0.1, 0.15) is 16.9 Å². The average molecular weight is 565 g/mol. The van der Waals surface area contributed by atoms with Crippen molar-refractivity contribution in [2.24, 2.45) is 0 Å². The number of aliphatic hydroxyl groups is 1. The fourth-order valence-corrected chi connectivity index (χ4v) is 5.26. The number of pyridine rings is 1. The standard InChI is InChI=1S/C24H16F5N5O4S/c1-10-17-20(36)33-23(37)34(8-16(35)24(27,28)29)22(17)39-18(10)12-5-14(19(25)26)21(31-7-12)38-13-2-3-15-11(4-13)6-30-9-32-15/h2-7,9,16,19,35H,8H2,1H3,(H,33,36,37)/t16-/m1/s1. The molecule has 0 bridgehead atoms. The molecule has 0 aliphatic carbocycles. The first kappa shape index (κ1) is 26.4. The maximum absolute atomic E-state index is 14.0. The quantitative estimate of drug-likeness (QED) is 0.286. The molecule has 0 fully saturated rings. The van der Waals surface area contributed by atoms with Gasteiger partial charge in [-0.3, -0.25) is 14.3 Å². The zero-order valence-corrected chi connectivity index (χ0v) is 20.5. The number of nitrogens with one attached hydrogen (secondary N) is 1. The van der Waals surface area contributed by atoms with E-state index >= 15 is 0 Å². The van der Waals surface area contributed by atoms with Crippen molar-refractivity contribution in [2.45, 2.75) is 32.2 Å². The third-order valence-corrected chi connectivity index (χ3v) is 7.23. The normalized spacial score (nSPS) is 12.9. The maximum atomic E-state index is 14.0. The van der Waals surface area contributed by atoms with Crippen LogP contribution in [0.3, 0.4) is 0 Å². The molecule has 0 saturated heterocycles. The monoisotopic (exact) mass is 565 g/mol. The average Bonchev–Trinajstić information content (AvgIpc) is 3.23. The molecule has 4 heterocycles. The summed E-state index contributed by atoms with van der Waals surface area (Å²) in [7, 11) is 0. The number of benzene rings is 1. The number of aromatic amines is 1. The van der Waals surface area contributed by atoms with E-state index in [0.29, 0.717) is 15.5 Å². The molecule has 0 amide bonds. The second-order valence-corrected chi connectivity index (χ2v) is 9.43. The van der Waals surface area contributed by atoms with Gasteiger partial charge < -0.3 is 9.84 Å². The number of fused-ring (bicyclic) bond motifs is 2. The molecule has 39 heavy (non-hydrogen) atoms. The number of halogens is 5. The van der Waals surface area contributed by atoms with E-state index in [0.717, 1.165) is 17.4 Å². The van der Waals surface area contributed by atoms with Crippen molar-refractivity contribution in [2.75, 3.05) is 0 Å². The highest BCUT2D eigenvalue weighted by Crippen LogP contribution is 2.40. The van der Waals surface area contributed by atoms with E-state index in [2.05, 4.69) is 15.0 Å². The highest BCUT2D eigenvalue weighted by atomic mass is 32.1. The molecular weight excluding hydrogens is 549 g/mol. The topological polar surface area (TPSA) is 123 Å². The lowest BCUT2D eigenvalue weighted by atomic mass is 10.1. The fourth-order valence-electron chi connectivity index (χ4n) is 3.97. The lowest BCUT2D eigenvalue weighted by Gasteiger charge is -2.15. The van der Waals surface area contributed by atoms with Gasteiger partial charge in [0.05, 0.1) is 23.0 Å². The van der Waals surface area contributed by atoms with Gasteiger partial charge >= 0.3 is 11.9 Å². The molecular formula is C24H16F5N5O4S. The molecule has 5 rings (SSSR count). The molecule has 9 nitrogen and oxygen atoms in total. The molecule has 0 unspecified atom stereocenters. The molecule has 1 atom stereocenters. The summed E-state index contributed by atoms with van der Waals surface area (Å²) < 4.78 is 73.2. The highest BCUT2D eigenvalue weighted by molar-refractivity contribution is 7.22. The number of ether oxygens (including phenoxy) is 1. The largest absolute Gasteiger partial charge is 0.438 e. The third kappa shape index (κ3) is 4.97. The lowest BCUT2D eigenvalue weighted by Crippen LogP contribution is -2.38. The minimum absolute atomic E-state index is 0.110. The lowest BCUT2D eigenvalue weighted by molar-refractivity contribution is -0.207. The SMILES string of the molecule is Cc1c(-c2cnc(Oc3ccc4ncncc4c3)c(C(F)F)c2)sc2c1c(=O)[nH]c(=O)n2C[C@@H](O)C(F)(F)F. The van der Waals surface area contributed by atoms with Gasteiger partial charge in [0, 0.05) is 28.2 Å². The van der Waals surface area contributed by atoms with Crippen LogP contribution in [0.25, 0.3) is 31.6 Å². The summed E-state index contributed by atoms with van der Waals surface area (Å²) in [5.41, 5.74) is -1.62. The number of nitrogens with zero attached hydrogens (tertiary/aromatic N) is 4. The van der Waals surface area contributed by atoms with Crippen LogP contribution in [-0.4, -0.2) is 41.9 Å². The van der Waals surface area contributed by atoms with Gasteiger partial charge in [0.2, 0.25) is 5.88 Å². The third-order valence-electron chi connectivity index (χ3n) is 5.87. The van der Waals surface area contributed by atoms with Gasteiger partial charge in [-0.25, -0.2) is 28.5 Å². The molecule has 0 saturated carbocycles. The molecule has 0 radical (unpaired) electrons. The van der Waals surface area contributed by atoms with Crippen molar-refractivity contribution in [1.29, 1.82) is 0 Å². The molecule has 15 heteroatoms. The van der Waals surface area contributed by atoms with Crippen LogP contribution >= 0.6 is 11.3 Å². The summed E-state index contributed by atoms with van der Waals surface area (Å²) in [6, 6.07) is 5.79. The number of alkyl halides is 5. The first-order chi connectivity index (χ1) is 18.4. The van der Waals surface area contributed by atoms with Crippen LogP contribution in [0, 0.1) is 6.92 Å². The Morgan fingerprint density at radius 1 is 1.15 bits per heavy atom. The van der Waals surface area contributed by atoms with Crippen molar-refractivity contribution >= 4 is 32.5 Å². The van der Waals surface area contributed by atoms with Crippen LogP contribution in [0.15, 0.2) is 52.6 Å². The number of H-pyrrole nitrogens is 1. The molecule has 1 aromatic carbocycles. The Morgan fingerprint density at radius 3 is 2.64 bits per heavy atom. The van der Waals surface area contributed by atoms with E-state index < -0.39 is 42.1 Å². The summed E-state index contributed by atoms with van der Waals surface area (Å²) in [4.78, 5) is 38.9. The van der Waals surface area contributed by atoms with Gasteiger partial charge in [-0.15, -0.1) is 11.3 Å².